The van der Waals surface area contributed by atoms with Gasteiger partial charge in [-0.3, -0.25) is 9.69 Å². The molecular weight excluding hydrogens is 443 g/mol. The average Bonchev–Trinajstić information content (AvgIpc) is 2.91. The van der Waals surface area contributed by atoms with E-state index < -0.39 is 11.2 Å². The van der Waals surface area contributed by atoms with E-state index in [0.29, 0.717) is 32.5 Å². The topological polar surface area (TPSA) is 94.8 Å². The first-order valence-electron chi connectivity index (χ1n) is 12.4. The van der Waals surface area contributed by atoms with Gasteiger partial charge in [-0.1, -0.05) is 31.4 Å². The van der Waals surface area contributed by atoms with Crippen LogP contribution in [0.4, 0.5) is 4.39 Å². The number of fused-ring (bicyclic) bond motifs is 1. The van der Waals surface area contributed by atoms with E-state index in [9.17, 15) is 14.4 Å². The van der Waals surface area contributed by atoms with E-state index in [4.69, 9.17) is 0 Å². The second kappa shape index (κ2) is 10.0. The van der Waals surface area contributed by atoms with Crippen molar-refractivity contribution in [1.29, 1.82) is 5.26 Å². The Labute approximate surface area is 204 Å². The minimum absolute atomic E-state index is 0.154. The molecule has 1 aliphatic carbocycles. The molecule has 3 aromatic rings. The highest BCUT2D eigenvalue weighted by Crippen LogP contribution is 2.35. The van der Waals surface area contributed by atoms with Crippen molar-refractivity contribution >= 4 is 16.8 Å². The van der Waals surface area contributed by atoms with Crippen molar-refractivity contribution in [2.24, 2.45) is 0 Å². The van der Waals surface area contributed by atoms with Gasteiger partial charge in [0.15, 0.2) is 0 Å². The van der Waals surface area contributed by atoms with Gasteiger partial charge in [-0.25, -0.2) is 9.37 Å². The number of nitrogens with zero attached hydrogens (tertiary/aromatic N) is 5. The van der Waals surface area contributed by atoms with E-state index in [-0.39, 0.29) is 23.2 Å². The number of aromatic nitrogens is 3. The fourth-order valence-corrected chi connectivity index (χ4v) is 5.41. The summed E-state index contributed by atoms with van der Waals surface area (Å²) < 4.78 is 14.7. The van der Waals surface area contributed by atoms with Gasteiger partial charge >= 0.3 is 0 Å². The molecule has 1 saturated heterocycles. The highest BCUT2D eigenvalue weighted by atomic mass is 19.1. The molecule has 1 aliphatic heterocycles. The van der Waals surface area contributed by atoms with E-state index in [1.54, 1.807) is 24.5 Å². The van der Waals surface area contributed by atoms with Gasteiger partial charge in [0.05, 0.1) is 17.7 Å². The number of rotatable bonds is 5. The summed E-state index contributed by atoms with van der Waals surface area (Å²) in [7, 11) is 0. The number of carbonyl (C=O) groups is 1. The lowest BCUT2D eigenvalue weighted by Crippen LogP contribution is -2.41. The van der Waals surface area contributed by atoms with E-state index in [0.717, 1.165) is 42.2 Å². The van der Waals surface area contributed by atoms with E-state index in [1.807, 2.05) is 12.1 Å². The molecule has 2 aliphatic rings. The van der Waals surface area contributed by atoms with Crippen molar-refractivity contribution in [2.45, 2.75) is 62.9 Å². The zero-order valence-corrected chi connectivity index (χ0v) is 19.7. The third kappa shape index (κ3) is 4.87. The molecule has 0 unspecified atom stereocenters. The van der Waals surface area contributed by atoms with Crippen LogP contribution in [0.5, 0.6) is 0 Å². The van der Waals surface area contributed by atoms with Crippen LogP contribution in [0.15, 0.2) is 42.7 Å². The zero-order chi connectivity index (χ0) is 24.3. The molecule has 8 heteroatoms. The number of carbonyl (C=O) groups excluding carboxylic acids is 1. The van der Waals surface area contributed by atoms with Crippen LogP contribution in [0.3, 0.4) is 0 Å². The van der Waals surface area contributed by atoms with E-state index in [2.05, 4.69) is 31.5 Å². The molecule has 3 heterocycles. The standard InChI is InChI=1S/C27H29FN6O/c28-23-8-4-7-22-19(15-24(33-25(22)23)26(35)32-21-5-2-1-3-6-21)17-34-13-10-27(18-29,11-14-34)20-9-12-30-31-16-20/h4,7-9,12,15-16,21H,1-3,5-6,10-11,13-14,17H2,(H,32,35). The predicted octanol–water partition coefficient (Wildman–Crippen LogP) is 4.28. The molecule has 180 valence electrons. The van der Waals surface area contributed by atoms with Crippen molar-refractivity contribution in [3.8, 4) is 6.07 Å². The molecule has 1 saturated carbocycles. The molecule has 0 bridgehead atoms. The molecule has 2 fully saturated rings. The molecule has 35 heavy (non-hydrogen) atoms. The Kier molecular flexibility index (Phi) is 6.69. The molecule has 1 amide bonds. The molecule has 0 atom stereocenters. The first kappa shape index (κ1) is 23.3. The van der Waals surface area contributed by atoms with Gasteiger partial charge in [0.2, 0.25) is 0 Å². The summed E-state index contributed by atoms with van der Waals surface area (Å²) in [5, 5.41) is 21.6. The average molecular weight is 473 g/mol. The Bertz CT molecular complexity index is 1240. The second-order valence-electron chi connectivity index (χ2n) is 9.71. The quantitative estimate of drug-likeness (QED) is 0.596. The maximum absolute atomic E-state index is 14.7. The number of likely N-dealkylation sites (tertiary alicyclic amines) is 1. The number of para-hydroxylation sites is 1. The molecule has 1 aromatic carbocycles. The smallest absolute Gasteiger partial charge is 0.270 e. The predicted molar refractivity (Wildman–Crippen MR) is 130 cm³/mol. The Morgan fingerprint density at radius 2 is 1.97 bits per heavy atom. The van der Waals surface area contributed by atoms with Crippen LogP contribution in [0, 0.1) is 17.1 Å². The second-order valence-corrected chi connectivity index (χ2v) is 9.71. The number of amides is 1. The molecule has 2 aromatic heterocycles. The third-order valence-corrected chi connectivity index (χ3v) is 7.50. The molecule has 1 N–H and O–H groups in total. The van der Waals surface area contributed by atoms with Gasteiger partial charge in [0.25, 0.3) is 5.91 Å². The van der Waals surface area contributed by atoms with Crippen LogP contribution in [0.25, 0.3) is 10.9 Å². The van der Waals surface area contributed by atoms with Gasteiger partial charge in [-0.2, -0.15) is 15.5 Å². The number of hydrogen-bond donors (Lipinski definition) is 1. The van der Waals surface area contributed by atoms with Crippen LogP contribution >= 0.6 is 0 Å². The Morgan fingerprint density at radius 3 is 2.69 bits per heavy atom. The first-order valence-corrected chi connectivity index (χ1v) is 12.4. The summed E-state index contributed by atoms with van der Waals surface area (Å²) in [5.41, 5.74) is 1.68. The van der Waals surface area contributed by atoms with Crippen LogP contribution < -0.4 is 5.32 Å². The maximum atomic E-state index is 14.7. The first-order chi connectivity index (χ1) is 17.1. The van der Waals surface area contributed by atoms with Gasteiger partial charge in [0.1, 0.15) is 17.0 Å². The summed E-state index contributed by atoms with van der Waals surface area (Å²) in [5.74, 6) is -0.668. The highest BCUT2D eigenvalue weighted by Gasteiger charge is 2.37. The highest BCUT2D eigenvalue weighted by molar-refractivity contribution is 5.96. The minimum Gasteiger partial charge on any atom is -0.348 e. The molecule has 7 nitrogen and oxygen atoms in total. The molecule has 5 rings (SSSR count). The van der Waals surface area contributed by atoms with Crippen LogP contribution in [0.1, 0.15) is 66.6 Å². The molecule has 0 radical (unpaired) electrons. The van der Waals surface area contributed by atoms with Gasteiger partial charge < -0.3 is 5.32 Å². The summed E-state index contributed by atoms with van der Waals surface area (Å²) in [6.45, 7) is 1.97. The number of nitrogens with one attached hydrogen (secondary N) is 1. The lowest BCUT2D eigenvalue weighted by atomic mass is 9.75. The third-order valence-electron chi connectivity index (χ3n) is 7.50. The number of nitriles is 1. The Hall–Kier alpha value is -3.44. The monoisotopic (exact) mass is 472 g/mol. The number of benzene rings is 1. The number of piperidine rings is 1. The number of halogens is 1. The van der Waals surface area contributed by atoms with Crippen LogP contribution in [-0.4, -0.2) is 45.1 Å². The van der Waals surface area contributed by atoms with Crippen molar-refractivity contribution in [3.05, 3.63) is 65.4 Å². The molecule has 0 spiro atoms. The summed E-state index contributed by atoms with van der Waals surface area (Å²) in [6.07, 6.45) is 10.0. The Balaban J connectivity index is 1.37. The normalized spacial score (nSPS) is 18.7. The van der Waals surface area contributed by atoms with Crippen molar-refractivity contribution in [3.63, 3.8) is 0 Å². The van der Waals surface area contributed by atoms with E-state index >= 15 is 0 Å². The number of pyridine rings is 1. The van der Waals surface area contributed by atoms with Crippen LogP contribution in [-0.2, 0) is 12.0 Å². The van der Waals surface area contributed by atoms with Crippen molar-refractivity contribution in [1.82, 2.24) is 25.4 Å². The summed E-state index contributed by atoms with van der Waals surface area (Å²) in [4.78, 5) is 19.7. The molecular formula is C27H29FN6O. The minimum atomic E-state index is -0.579. The van der Waals surface area contributed by atoms with Gasteiger partial charge in [-0.05, 0) is 55.0 Å². The SMILES string of the molecule is N#CC1(c2ccnnc2)CCN(Cc2cc(C(=O)NC3CCCCC3)nc3c(F)cccc23)CC1. The van der Waals surface area contributed by atoms with E-state index in [1.165, 1.54) is 12.5 Å². The van der Waals surface area contributed by atoms with Crippen molar-refractivity contribution in [2.75, 3.05) is 13.1 Å². The largest absolute Gasteiger partial charge is 0.348 e. The fourth-order valence-electron chi connectivity index (χ4n) is 5.41. The maximum Gasteiger partial charge on any atom is 0.270 e. The Morgan fingerprint density at radius 1 is 1.17 bits per heavy atom. The van der Waals surface area contributed by atoms with Gasteiger partial charge in [-0.15, -0.1) is 0 Å². The fraction of sp³-hybridized carbons (Fsp3) is 0.444. The lowest BCUT2D eigenvalue weighted by Gasteiger charge is -2.37. The van der Waals surface area contributed by atoms with Crippen molar-refractivity contribution < 1.29 is 9.18 Å². The summed E-state index contributed by atoms with van der Waals surface area (Å²) >= 11 is 0. The van der Waals surface area contributed by atoms with Crippen LogP contribution in [0.2, 0.25) is 0 Å². The summed E-state index contributed by atoms with van der Waals surface area (Å²) in [6, 6.07) is 11.3. The zero-order valence-electron chi connectivity index (χ0n) is 19.7. The lowest BCUT2D eigenvalue weighted by molar-refractivity contribution is 0.0922. The van der Waals surface area contributed by atoms with Gasteiger partial charge in [0, 0.05) is 37.3 Å². The number of hydrogen-bond acceptors (Lipinski definition) is 6.